The number of halogens is 1. The maximum atomic E-state index is 6.18. The van der Waals surface area contributed by atoms with Crippen molar-refractivity contribution in [1.29, 1.82) is 0 Å². The van der Waals surface area contributed by atoms with Crippen LogP contribution in [0.5, 0.6) is 5.75 Å². The topological polar surface area (TPSA) is 24.5 Å². The van der Waals surface area contributed by atoms with Crippen LogP contribution in [0.2, 0.25) is 5.02 Å². The van der Waals surface area contributed by atoms with E-state index in [-0.39, 0.29) is 0 Å². The van der Waals surface area contributed by atoms with E-state index in [4.69, 9.17) is 28.6 Å². The van der Waals surface area contributed by atoms with Crippen molar-refractivity contribution in [2.45, 2.75) is 13.5 Å². The van der Waals surface area contributed by atoms with Crippen molar-refractivity contribution >= 4 is 45.4 Å². The Morgan fingerprint density at radius 1 is 1.12 bits per heavy atom. The highest BCUT2D eigenvalue weighted by molar-refractivity contribution is 7.80. The molecule has 0 aliphatic rings. The van der Waals surface area contributed by atoms with E-state index in [1.54, 1.807) is 7.11 Å². The number of nitrogens with zero attached hydrogens (tertiary/aromatic N) is 1. The molecule has 5 heteroatoms. The van der Waals surface area contributed by atoms with Gasteiger partial charge in [0.15, 0.2) is 5.11 Å². The summed E-state index contributed by atoms with van der Waals surface area (Å²) in [4.78, 5) is 2.01. The number of ether oxygens (including phenoxy) is 1. The Balaban J connectivity index is 1.72. The van der Waals surface area contributed by atoms with Crippen molar-refractivity contribution in [2.75, 3.05) is 19.5 Å². The van der Waals surface area contributed by atoms with Gasteiger partial charge >= 0.3 is 0 Å². The zero-order valence-electron chi connectivity index (χ0n) is 15.0. The van der Waals surface area contributed by atoms with Crippen molar-refractivity contribution in [3.8, 4) is 5.75 Å². The number of thiocarbonyl (C=S) groups is 1. The number of rotatable bonds is 4. The Kier molecular flexibility index (Phi) is 5.64. The van der Waals surface area contributed by atoms with Gasteiger partial charge in [0.25, 0.3) is 0 Å². The summed E-state index contributed by atoms with van der Waals surface area (Å²) in [6.07, 6.45) is 0. The normalized spacial score (nSPS) is 10.6. The van der Waals surface area contributed by atoms with Crippen molar-refractivity contribution in [1.82, 2.24) is 4.90 Å². The van der Waals surface area contributed by atoms with Gasteiger partial charge in [0, 0.05) is 24.3 Å². The van der Waals surface area contributed by atoms with Gasteiger partial charge in [-0.05, 0) is 71.4 Å². The van der Waals surface area contributed by atoms with Crippen LogP contribution in [0, 0.1) is 6.92 Å². The van der Waals surface area contributed by atoms with Gasteiger partial charge in [0.05, 0.1) is 7.11 Å². The second-order valence-corrected chi connectivity index (χ2v) is 7.04. The first kappa shape index (κ1) is 18.5. The molecule has 1 N–H and O–H groups in total. The van der Waals surface area contributed by atoms with E-state index in [9.17, 15) is 0 Å². The minimum atomic E-state index is 0.658. The number of anilines is 1. The summed E-state index contributed by atoms with van der Waals surface area (Å²) >= 11 is 11.7. The first-order chi connectivity index (χ1) is 12.5. The van der Waals surface area contributed by atoms with Crippen LogP contribution in [-0.2, 0) is 6.54 Å². The van der Waals surface area contributed by atoms with Gasteiger partial charge in [0.2, 0.25) is 0 Å². The first-order valence-corrected chi connectivity index (χ1v) is 9.10. The lowest BCUT2D eigenvalue weighted by Crippen LogP contribution is -2.30. The van der Waals surface area contributed by atoms with Gasteiger partial charge in [-0.1, -0.05) is 35.9 Å². The van der Waals surface area contributed by atoms with Crippen LogP contribution in [0.4, 0.5) is 5.69 Å². The summed E-state index contributed by atoms with van der Waals surface area (Å²) in [6, 6.07) is 18.3. The summed E-state index contributed by atoms with van der Waals surface area (Å²) < 4.78 is 5.28. The predicted molar refractivity (Wildman–Crippen MR) is 114 cm³/mol. The smallest absolute Gasteiger partial charge is 0.173 e. The zero-order valence-corrected chi connectivity index (χ0v) is 16.6. The molecule has 134 valence electrons. The van der Waals surface area contributed by atoms with Crippen molar-refractivity contribution < 1.29 is 4.74 Å². The summed E-state index contributed by atoms with van der Waals surface area (Å²) in [6.45, 7) is 2.69. The Bertz CT molecular complexity index is 958. The van der Waals surface area contributed by atoms with Gasteiger partial charge in [-0.3, -0.25) is 0 Å². The highest BCUT2D eigenvalue weighted by atomic mass is 35.5. The third-order valence-electron chi connectivity index (χ3n) is 4.39. The molecule has 3 nitrogen and oxygen atoms in total. The summed E-state index contributed by atoms with van der Waals surface area (Å²) in [5.74, 6) is 0.865. The fourth-order valence-corrected chi connectivity index (χ4v) is 3.15. The Morgan fingerprint density at radius 3 is 2.62 bits per heavy atom. The highest BCUT2D eigenvalue weighted by Crippen LogP contribution is 2.24. The van der Waals surface area contributed by atoms with E-state index in [0.717, 1.165) is 27.4 Å². The standard InChI is InChI=1S/C21H21ClN2OS/c1-14-19(22)5-4-6-20(14)23-21(26)24(2)13-15-7-8-17-12-18(25-3)10-9-16(17)11-15/h4-12H,13H2,1-3H3,(H,23,26). The monoisotopic (exact) mass is 384 g/mol. The number of hydrogen-bond donors (Lipinski definition) is 1. The molecule has 0 heterocycles. The van der Waals surface area contributed by atoms with Crippen LogP contribution < -0.4 is 10.1 Å². The zero-order chi connectivity index (χ0) is 18.7. The molecule has 0 aliphatic carbocycles. The number of nitrogens with one attached hydrogen (secondary N) is 1. The molecule has 0 radical (unpaired) electrons. The maximum absolute atomic E-state index is 6.18. The quantitative estimate of drug-likeness (QED) is 0.588. The third-order valence-corrected chi connectivity index (χ3v) is 5.21. The number of hydrogen-bond acceptors (Lipinski definition) is 2. The molecule has 0 fully saturated rings. The van der Waals surface area contributed by atoms with Gasteiger partial charge in [-0.15, -0.1) is 0 Å². The number of fused-ring (bicyclic) bond motifs is 1. The predicted octanol–water partition coefficient (Wildman–Crippen LogP) is 5.64. The minimum absolute atomic E-state index is 0.658. The van der Waals surface area contributed by atoms with Gasteiger partial charge in [0.1, 0.15) is 5.75 Å². The lowest BCUT2D eigenvalue weighted by atomic mass is 10.1. The van der Waals surface area contributed by atoms with Crippen molar-refractivity contribution in [3.05, 3.63) is 70.7 Å². The lowest BCUT2D eigenvalue weighted by Gasteiger charge is -2.22. The number of benzene rings is 3. The maximum Gasteiger partial charge on any atom is 0.173 e. The second kappa shape index (κ2) is 7.94. The molecule has 3 rings (SSSR count). The van der Waals surface area contributed by atoms with Gasteiger partial charge in [-0.2, -0.15) is 0 Å². The molecule has 0 bridgehead atoms. The largest absolute Gasteiger partial charge is 0.497 e. The Morgan fingerprint density at radius 2 is 1.85 bits per heavy atom. The van der Waals surface area contributed by atoms with E-state index in [1.165, 1.54) is 10.9 Å². The molecular weight excluding hydrogens is 364 g/mol. The third kappa shape index (κ3) is 4.09. The molecule has 0 saturated carbocycles. The van der Waals surface area contributed by atoms with E-state index < -0.39 is 0 Å². The summed E-state index contributed by atoms with van der Waals surface area (Å²) in [5, 5.41) is 7.00. The first-order valence-electron chi connectivity index (χ1n) is 8.32. The molecule has 0 spiro atoms. The Labute approximate surface area is 164 Å². The van der Waals surface area contributed by atoms with E-state index >= 15 is 0 Å². The van der Waals surface area contributed by atoms with Crippen LogP contribution in [-0.4, -0.2) is 24.2 Å². The fourth-order valence-electron chi connectivity index (χ4n) is 2.80. The number of methoxy groups -OCH3 is 1. The van der Waals surface area contributed by atoms with Gasteiger partial charge in [-0.25, -0.2) is 0 Å². The Hall–Kier alpha value is -2.30. The molecule has 3 aromatic carbocycles. The molecule has 26 heavy (non-hydrogen) atoms. The summed E-state index contributed by atoms with van der Waals surface area (Å²) in [5.41, 5.74) is 3.11. The summed E-state index contributed by atoms with van der Waals surface area (Å²) in [7, 11) is 3.66. The van der Waals surface area contributed by atoms with Crippen LogP contribution in [0.25, 0.3) is 10.8 Å². The van der Waals surface area contributed by atoms with E-state index in [2.05, 4.69) is 29.6 Å². The van der Waals surface area contributed by atoms with E-state index in [0.29, 0.717) is 11.7 Å². The van der Waals surface area contributed by atoms with Crippen LogP contribution in [0.15, 0.2) is 54.6 Å². The molecule has 0 aromatic heterocycles. The molecule has 0 unspecified atom stereocenters. The SMILES string of the molecule is COc1ccc2cc(CN(C)C(=S)Nc3cccc(Cl)c3C)ccc2c1. The average molecular weight is 385 g/mol. The molecule has 0 amide bonds. The van der Waals surface area contributed by atoms with E-state index in [1.807, 2.05) is 49.2 Å². The average Bonchev–Trinajstić information content (AvgIpc) is 2.64. The van der Waals surface area contributed by atoms with Crippen molar-refractivity contribution in [3.63, 3.8) is 0 Å². The minimum Gasteiger partial charge on any atom is -0.497 e. The second-order valence-electron chi connectivity index (χ2n) is 6.25. The van der Waals surface area contributed by atoms with Crippen LogP contribution in [0.3, 0.4) is 0 Å². The molecule has 0 saturated heterocycles. The van der Waals surface area contributed by atoms with Gasteiger partial charge < -0.3 is 15.0 Å². The lowest BCUT2D eigenvalue weighted by molar-refractivity contribution is 0.415. The fraction of sp³-hybridized carbons (Fsp3) is 0.190. The van der Waals surface area contributed by atoms with Crippen LogP contribution in [0.1, 0.15) is 11.1 Å². The molecule has 3 aromatic rings. The molecule has 0 aliphatic heterocycles. The highest BCUT2D eigenvalue weighted by Gasteiger charge is 2.09. The molecular formula is C21H21ClN2OS. The van der Waals surface area contributed by atoms with Crippen molar-refractivity contribution in [2.24, 2.45) is 0 Å². The van der Waals surface area contributed by atoms with Crippen LogP contribution >= 0.6 is 23.8 Å². The molecule has 0 atom stereocenters.